The molecule has 3 rings (SSSR count). The van der Waals surface area contributed by atoms with Crippen LogP contribution >= 0.6 is 0 Å². The van der Waals surface area contributed by atoms with E-state index in [1.165, 1.54) is 0 Å². The average Bonchev–Trinajstić information content (AvgIpc) is 1.79. The molecule has 3 aliphatic carbocycles. The fourth-order valence-corrected chi connectivity index (χ4v) is 2.51. The van der Waals surface area contributed by atoms with Gasteiger partial charge in [-0.05, 0) is 26.2 Å². The van der Waals surface area contributed by atoms with Gasteiger partial charge in [0, 0.05) is 11.4 Å². The van der Waals surface area contributed by atoms with E-state index >= 15 is 0 Å². The van der Waals surface area contributed by atoms with Crippen molar-refractivity contribution in [3.8, 4) is 0 Å². The smallest absolute Gasteiger partial charge is 0.312 e. The lowest BCUT2D eigenvalue weighted by atomic mass is 9.35. The molecular weight excluding hydrogens is 172 g/mol. The molecule has 0 spiro atoms. The monoisotopic (exact) mass is 183 g/mol. The van der Waals surface area contributed by atoms with Gasteiger partial charge >= 0.3 is 5.97 Å². The molecule has 0 aliphatic heterocycles. The van der Waals surface area contributed by atoms with Gasteiger partial charge in [0.15, 0.2) is 0 Å². The first-order valence-electron chi connectivity index (χ1n) is 4.43. The van der Waals surface area contributed by atoms with Gasteiger partial charge in [0.2, 0.25) is 0 Å². The second kappa shape index (κ2) is 2.25. The van der Waals surface area contributed by atoms with Crippen molar-refractivity contribution in [1.82, 2.24) is 0 Å². The molecule has 0 amide bonds. The molecule has 0 N–H and O–H groups in total. The highest BCUT2D eigenvalue weighted by molar-refractivity contribution is 5.89. The number of aliphatic carboxylic acids is 1. The summed E-state index contributed by atoms with van der Waals surface area (Å²) in [7, 11) is 0. The van der Waals surface area contributed by atoms with Crippen molar-refractivity contribution in [3.63, 3.8) is 0 Å². The van der Waals surface area contributed by atoms with E-state index in [2.05, 4.69) is 0 Å². The molecule has 3 saturated carbocycles. The van der Waals surface area contributed by atoms with Gasteiger partial charge in [0.25, 0.3) is 0 Å². The molecule has 0 aromatic rings. The fourth-order valence-electron chi connectivity index (χ4n) is 2.51. The Labute approximate surface area is 75.9 Å². The summed E-state index contributed by atoms with van der Waals surface area (Å²) in [4.78, 5) is 21.9. The van der Waals surface area contributed by atoms with Crippen molar-refractivity contribution in [3.05, 3.63) is 0 Å². The van der Waals surface area contributed by atoms with Crippen molar-refractivity contribution in [1.29, 1.82) is 0 Å². The molecule has 0 radical (unpaired) electrons. The number of carboxylic acid groups (broad SMARTS) is 1. The van der Waals surface area contributed by atoms with Crippen molar-refractivity contribution in [2.24, 2.45) is 10.8 Å². The largest absolute Gasteiger partial charge is 0.550 e. The van der Waals surface area contributed by atoms with Crippen molar-refractivity contribution in [2.75, 3.05) is 6.61 Å². The molecule has 3 fully saturated rings. The van der Waals surface area contributed by atoms with Crippen molar-refractivity contribution in [2.45, 2.75) is 26.2 Å². The first-order valence-corrected chi connectivity index (χ1v) is 4.43. The highest BCUT2D eigenvalue weighted by atomic mass is 16.5. The lowest BCUT2D eigenvalue weighted by Crippen LogP contribution is -2.71. The summed E-state index contributed by atoms with van der Waals surface area (Å²) in [6.45, 7) is 2.11. The van der Waals surface area contributed by atoms with Crippen LogP contribution in [0.25, 0.3) is 0 Å². The van der Waals surface area contributed by atoms with Crippen LogP contribution in [0.2, 0.25) is 0 Å². The van der Waals surface area contributed by atoms with Gasteiger partial charge in [-0.2, -0.15) is 0 Å². The minimum absolute atomic E-state index is 0.238. The summed E-state index contributed by atoms with van der Waals surface area (Å²) < 4.78 is 4.86. The number of carbonyl (C=O) groups excluding carboxylic acids is 2. The maximum absolute atomic E-state index is 11.3. The molecule has 2 bridgehead atoms. The lowest BCUT2D eigenvalue weighted by molar-refractivity contribution is -0.348. The van der Waals surface area contributed by atoms with Crippen molar-refractivity contribution >= 4 is 11.9 Å². The molecule has 0 aromatic carbocycles. The van der Waals surface area contributed by atoms with Gasteiger partial charge in [-0.3, -0.25) is 4.79 Å². The van der Waals surface area contributed by atoms with E-state index in [0.29, 0.717) is 25.9 Å². The summed E-state index contributed by atoms with van der Waals surface area (Å²) in [6.07, 6.45) is 1.25. The number of ether oxygens (including phenoxy) is 1. The second-order valence-electron chi connectivity index (χ2n) is 4.10. The number of hydrogen-bond acceptors (Lipinski definition) is 4. The Morgan fingerprint density at radius 1 is 1.31 bits per heavy atom. The SMILES string of the molecule is CCOC(=O)C12CC(C(=O)[O-])(C1)C2. The number of carboxylic acids is 1. The summed E-state index contributed by atoms with van der Waals surface area (Å²) >= 11 is 0. The number of carbonyl (C=O) groups is 2. The Balaban J connectivity index is 1.96. The van der Waals surface area contributed by atoms with E-state index in [0.717, 1.165) is 0 Å². The number of esters is 1. The third-order valence-corrected chi connectivity index (χ3v) is 3.17. The van der Waals surface area contributed by atoms with Gasteiger partial charge < -0.3 is 14.6 Å². The van der Waals surface area contributed by atoms with E-state index in [1.807, 2.05) is 0 Å². The molecule has 0 atom stereocenters. The van der Waals surface area contributed by atoms with Crippen LogP contribution in [-0.2, 0) is 14.3 Å². The Morgan fingerprint density at radius 3 is 2.23 bits per heavy atom. The van der Waals surface area contributed by atoms with E-state index in [1.54, 1.807) is 6.92 Å². The standard InChI is InChI=1S/C9H12O4/c1-2-13-7(12)9-3-8(4-9,5-9)6(10)11/h2-5H2,1H3,(H,10,11)/p-1. The first-order chi connectivity index (χ1) is 6.05. The zero-order chi connectivity index (χ0) is 9.69. The van der Waals surface area contributed by atoms with Gasteiger partial charge in [0.05, 0.1) is 12.0 Å². The summed E-state index contributed by atoms with van der Waals surface area (Å²) in [5.41, 5.74) is -1.15. The Hall–Kier alpha value is -1.06. The van der Waals surface area contributed by atoms with Crippen molar-refractivity contribution < 1.29 is 19.4 Å². The zero-order valence-electron chi connectivity index (χ0n) is 7.46. The van der Waals surface area contributed by atoms with Crippen LogP contribution in [-0.4, -0.2) is 18.5 Å². The molecule has 13 heavy (non-hydrogen) atoms. The highest BCUT2D eigenvalue weighted by Crippen LogP contribution is 2.73. The summed E-state index contributed by atoms with van der Waals surface area (Å²) in [6, 6.07) is 0. The van der Waals surface area contributed by atoms with Crippen LogP contribution in [0.5, 0.6) is 0 Å². The Morgan fingerprint density at radius 2 is 1.85 bits per heavy atom. The summed E-state index contributed by atoms with van der Waals surface area (Å²) in [5.74, 6) is -1.25. The lowest BCUT2D eigenvalue weighted by Gasteiger charge is -2.68. The third-order valence-electron chi connectivity index (χ3n) is 3.17. The zero-order valence-corrected chi connectivity index (χ0v) is 7.46. The first kappa shape index (κ1) is 8.53. The molecule has 0 aromatic heterocycles. The highest BCUT2D eigenvalue weighted by Gasteiger charge is 2.73. The predicted molar refractivity (Wildman–Crippen MR) is 40.4 cm³/mol. The molecule has 0 saturated heterocycles. The van der Waals surface area contributed by atoms with E-state index in [9.17, 15) is 14.7 Å². The van der Waals surface area contributed by atoms with E-state index < -0.39 is 16.8 Å². The topological polar surface area (TPSA) is 66.4 Å². The molecule has 3 aliphatic rings. The average molecular weight is 183 g/mol. The Kier molecular flexibility index (Phi) is 1.47. The minimum atomic E-state index is -1.02. The van der Waals surface area contributed by atoms with Crippen LogP contribution in [0, 0.1) is 10.8 Å². The van der Waals surface area contributed by atoms with Gasteiger partial charge in [-0.1, -0.05) is 0 Å². The third kappa shape index (κ3) is 0.857. The van der Waals surface area contributed by atoms with Crippen LogP contribution in [0.4, 0.5) is 0 Å². The molecule has 72 valence electrons. The predicted octanol–water partition coefficient (Wildman–Crippen LogP) is -0.530. The second-order valence-corrected chi connectivity index (χ2v) is 4.10. The van der Waals surface area contributed by atoms with Crippen LogP contribution < -0.4 is 5.11 Å². The molecule has 0 unspecified atom stereocenters. The molecule has 4 nitrogen and oxygen atoms in total. The molecular formula is C9H11O4-. The van der Waals surface area contributed by atoms with E-state index in [4.69, 9.17) is 4.74 Å². The quantitative estimate of drug-likeness (QED) is 0.551. The van der Waals surface area contributed by atoms with Crippen LogP contribution in [0.3, 0.4) is 0 Å². The van der Waals surface area contributed by atoms with Gasteiger partial charge in [-0.15, -0.1) is 0 Å². The fraction of sp³-hybridized carbons (Fsp3) is 0.778. The van der Waals surface area contributed by atoms with E-state index in [-0.39, 0.29) is 5.97 Å². The number of rotatable bonds is 3. The maximum Gasteiger partial charge on any atom is 0.312 e. The maximum atomic E-state index is 11.3. The van der Waals surface area contributed by atoms with Gasteiger partial charge in [0.1, 0.15) is 0 Å². The van der Waals surface area contributed by atoms with Crippen LogP contribution in [0.15, 0.2) is 0 Å². The normalized spacial score (nSPS) is 40.1. The molecule has 4 heteroatoms. The molecule has 0 heterocycles. The Bertz CT molecular complexity index is 262. The van der Waals surface area contributed by atoms with Crippen LogP contribution in [0.1, 0.15) is 26.2 Å². The number of hydrogen-bond donors (Lipinski definition) is 0. The summed E-state index contributed by atoms with van der Waals surface area (Å²) in [5, 5.41) is 10.6. The minimum Gasteiger partial charge on any atom is -0.550 e. The van der Waals surface area contributed by atoms with Gasteiger partial charge in [-0.25, -0.2) is 0 Å².